The van der Waals surface area contributed by atoms with E-state index in [9.17, 15) is 22.8 Å². The quantitative estimate of drug-likeness (QED) is 0.138. The smallest absolute Gasteiger partial charge is 0.241 e. The van der Waals surface area contributed by atoms with Gasteiger partial charge in [-0.05, 0) is 35.6 Å². The molecule has 8 nitrogen and oxygen atoms in total. The molecular formula is C25H31F3N6O2. The Morgan fingerprint density at radius 2 is 1.69 bits per heavy atom. The summed E-state index contributed by atoms with van der Waals surface area (Å²) in [6.07, 6.45) is -1.07. The molecule has 0 saturated carbocycles. The number of hydrogen-bond acceptors (Lipinski definition) is 5. The van der Waals surface area contributed by atoms with Gasteiger partial charge < -0.3 is 10.6 Å². The Hall–Kier alpha value is -3.76. The number of amides is 2. The van der Waals surface area contributed by atoms with Crippen LogP contribution in [0.5, 0.6) is 0 Å². The molecule has 0 saturated heterocycles. The number of benzene rings is 2. The van der Waals surface area contributed by atoms with Gasteiger partial charge in [-0.1, -0.05) is 56.3 Å². The van der Waals surface area contributed by atoms with Crippen molar-refractivity contribution >= 4 is 18.2 Å². The average Bonchev–Trinajstić information content (AvgIpc) is 2.84. The maximum Gasteiger partial charge on any atom is 0.241 e. The fourth-order valence-electron chi connectivity index (χ4n) is 3.72. The van der Waals surface area contributed by atoms with Gasteiger partial charge in [-0.25, -0.2) is 18.2 Å². The second-order valence-electron chi connectivity index (χ2n) is 8.77. The first kappa shape index (κ1) is 28.5. The van der Waals surface area contributed by atoms with Gasteiger partial charge in [0.2, 0.25) is 11.8 Å². The summed E-state index contributed by atoms with van der Waals surface area (Å²) < 4.78 is 43.9. The topological polar surface area (TPSA) is 122 Å². The van der Waals surface area contributed by atoms with Gasteiger partial charge in [0.05, 0.1) is 6.04 Å². The van der Waals surface area contributed by atoms with Crippen molar-refractivity contribution in [1.29, 1.82) is 10.9 Å². The molecule has 2 aromatic rings. The lowest BCUT2D eigenvalue weighted by Gasteiger charge is -2.24. The maximum atomic E-state index is 14.7. The van der Waals surface area contributed by atoms with Crippen LogP contribution in [0.2, 0.25) is 0 Å². The van der Waals surface area contributed by atoms with Crippen molar-refractivity contribution < 1.29 is 22.8 Å². The molecule has 3 atom stereocenters. The zero-order chi connectivity index (χ0) is 26.8. The highest BCUT2D eigenvalue weighted by molar-refractivity contribution is 5.80. The molecule has 4 N–H and O–H groups in total. The number of nitrogens with zero attached hydrogens (tertiary/aromatic N) is 2. The molecule has 0 aromatic heterocycles. The minimum Gasteiger partial charge on any atom is -0.352 e. The van der Waals surface area contributed by atoms with Gasteiger partial charge in [-0.15, -0.1) is 0 Å². The summed E-state index contributed by atoms with van der Waals surface area (Å²) in [5.41, 5.74) is 7.60. The third-order valence-corrected chi connectivity index (χ3v) is 5.59. The van der Waals surface area contributed by atoms with Gasteiger partial charge in [-0.3, -0.25) is 15.0 Å². The minimum absolute atomic E-state index is 0.0345. The predicted molar refractivity (Wildman–Crippen MR) is 129 cm³/mol. The molecule has 194 valence electrons. The van der Waals surface area contributed by atoms with Crippen LogP contribution in [0.4, 0.5) is 13.2 Å². The van der Waals surface area contributed by atoms with Crippen LogP contribution in [0, 0.1) is 28.5 Å². The lowest BCUT2D eigenvalue weighted by molar-refractivity contribution is -0.125. The Kier molecular flexibility index (Phi) is 10.6. The molecule has 2 rings (SSSR count). The summed E-state index contributed by atoms with van der Waals surface area (Å²) in [6.45, 7) is 4.12. The van der Waals surface area contributed by atoms with Gasteiger partial charge in [0.15, 0.2) is 0 Å². The van der Waals surface area contributed by atoms with Crippen LogP contribution in [-0.2, 0) is 9.59 Å². The van der Waals surface area contributed by atoms with Crippen LogP contribution >= 0.6 is 0 Å². The van der Waals surface area contributed by atoms with E-state index in [-0.39, 0.29) is 30.0 Å². The molecule has 0 bridgehead atoms. The third-order valence-electron chi connectivity index (χ3n) is 5.59. The number of nitrogens with one attached hydrogen (secondary N) is 4. The van der Waals surface area contributed by atoms with Crippen LogP contribution in [0.25, 0.3) is 0 Å². The third kappa shape index (κ3) is 7.89. The number of hydrogen-bond donors (Lipinski definition) is 4. The van der Waals surface area contributed by atoms with E-state index < -0.39 is 48.1 Å². The molecule has 0 heterocycles. The Bertz CT molecular complexity index is 1040. The lowest BCUT2D eigenvalue weighted by atomic mass is 9.93. The second kappa shape index (κ2) is 13.4. The Morgan fingerprint density at radius 3 is 2.22 bits per heavy atom. The van der Waals surface area contributed by atoms with Crippen molar-refractivity contribution in [2.24, 2.45) is 11.1 Å². The van der Waals surface area contributed by atoms with Gasteiger partial charge in [0, 0.05) is 18.0 Å². The van der Waals surface area contributed by atoms with E-state index in [1.807, 2.05) is 0 Å². The van der Waals surface area contributed by atoms with E-state index in [2.05, 4.69) is 15.9 Å². The zero-order valence-electron chi connectivity index (χ0n) is 20.4. The van der Waals surface area contributed by atoms with E-state index in [1.54, 1.807) is 44.2 Å². The molecule has 2 amide bonds. The van der Waals surface area contributed by atoms with E-state index in [4.69, 9.17) is 10.9 Å². The number of carbonyl (C=O) groups excluding carboxylic acids is 2. The number of halogens is 3. The summed E-state index contributed by atoms with van der Waals surface area (Å²) in [5, 5.41) is 15.8. The molecule has 0 spiro atoms. The van der Waals surface area contributed by atoms with Crippen molar-refractivity contribution in [3.8, 4) is 0 Å². The molecule has 0 fully saturated rings. The SMILES string of the molecule is CC(C)c1c(F)cc([C@@H](NC(=O)[C@@H](C)C[C@@H](F)CNC(=O)CN(C=N)N=N)c2ccccc2)cc1F. The fourth-order valence-corrected chi connectivity index (χ4v) is 3.72. The molecule has 0 aliphatic rings. The second-order valence-corrected chi connectivity index (χ2v) is 8.77. The lowest BCUT2D eigenvalue weighted by Crippen LogP contribution is -2.39. The van der Waals surface area contributed by atoms with Crippen LogP contribution in [0.15, 0.2) is 47.7 Å². The first-order valence-electron chi connectivity index (χ1n) is 11.5. The van der Waals surface area contributed by atoms with Crippen LogP contribution < -0.4 is 10.6 Å². The molecule has 0 unspecified atom stereocenters. The van der Waals surface area contributed by atoms with Crippen molar-refractivity contribution in [2.45, 2.75) is 45.3 Å². The average molecular weight is 505 g/mol. The van der Waals surface area contributed by atoms with E-state index in [0.29, 0.717) is 11.9 Å². The van der Waals surface area contributed by atoms with Crippen LogP contribution in [-0.4, -0.2) is 42.4 Å². The summed E-state index contributed by atoms with van der Waals surface area (Å²) in [4.78, 5) is 24.7. The maximum absolute atomic E-state index is 14.7. The summed E-state index contributed by atoms with van der Waals surface area (Å²) in [6, 6.07) is 10.2. The van der Waals surface area contributed by atoms with Crippen molar-refractivity contribution in [2.75, 3.05) is 13.1 Å². The standard InChI is InChI=1S/C25H31F3N6O2/c1-15(2)23-20(27)10-18(11-21(23)28)24(17-7-5-4-6-8-17)32-25(36)16(3)9-19(26)12-31-22(35)13-34(14-29)33-30/h4-8,10-11,14-16,19,24,29-30H,9,12-13H2,1-3H3,(H,31,35)(H,32,36)/t16-,19+,24-/m0/s1. The zero-order valence-corrected chi connectivity index (χ0v) is 20.4. The van der Waals surface area contributed by atoms with Crippen molar-refractivity contribution in [1.82, 2.24) is 15.6 Å². The molecule has 11 heteroatoms. The summed E-state index contributed by atoms with van der Waals surface area (Å²) in [7, 11) is 0. The highest BCUT2D eigenvalue weighted by atomic mass is 19.1. The molecule has 2 aromatic carbocycles. The van der Waals surface area contributed by atoms with E-state index in [1.165, 1.54) is 19.1 Å². The number of carbonyl (C=O) groups is 2. The van der Waals surface area contributed by atoms with Crippen molar-refractivity contribution in [3.05, 3.63) is 70.8 Å². The number of rotatable bonds is 13. The first-order valence-corrected chi connectivity index (χ1v) is 11.5. The normalized spacial score (nSPS) is 13.4. The van der Waals surface area contributed by atoms with Gasteiger partial charge in [0.25, 0.3) is 0 Å². The van der Waals surface area contributed by atoms with Crippen LogP contribution in [0.3, 0.4) is 0 Å². The Balaban J connectivity index is 2.11. The monoisotopic (exact) mass is 504 g/mol. The predicted octanol–water partition coefficient (Wildman–Crippen LogP) is 4.63. The van der Waals surface area contributed by atoms with Gasteiger partial charge >= 0.3 is 0 Å². The summed E-state index contributed by atoms with van der Waals surface area (Å²) in [5.74, 6) is -3.73. The molecule has 0 aliphatic heterocycles. The largest absolute Gasteiger partial charge is 0.352 e. The summed E-state index contributed by atoms with van der Waals surface area (Å²) >= 11 is 0. The van der Waals surface area contributed by atoms with E-state index >= 15 is 0 Å². The highest BCUT2D eigenvalue weighted by Crippen LogP contribution is 2.29. The van der Waals surface area contributed by atoms with Gasteiger partial charge in [0.1, 0.15) is 30.7 Å². The highest BCUT2D eigenvalue weighted by Gasteiger charge is 2.25. The van der Waals surface area contributed by atoms with Crippen molar-refractivity contribution in [3.63, 3.8) is 0 Å². The molecular weight excluding hydrogens is 473 g/mol. The Morgan fingerprint density at radius 1 is 1.08 bits per heavy atom. The number of alkyl halides is 1. The van der Waals surface area contributed by atoms with Crippen LogP contribution in [0.1, 0.15) is 55.8 Å². The Labute approximate surface area is 208 Å². The van der Waals surface area contributed by atoms with E-state index in [0.717, 1.165) is 5.01 Å². The van der Waals surface area contributed by atoms with Gasteiger partial charge in [-0.2, -0.15) is 5.53 Å². The molecule has 36 heavy (non-hydrogen) atoms. The minimum atomic E-state index is -1.55. The molecule has 0 radical (unpaired) electrons. The fraction of sp³-hybridized carbons (Fsp3) is 0.400. The first-order chi connectivity index (χ1) is 17.1. The molecule has 0 aliphatic carbocycles.